The van der Waals surface area contributed by atoms with Crippen molar-refractivity contribution in [2.45, 2.75) is 25.3 Å². The maximum absolute atomic E-state index is 12.2. The summed E-state index contributed by atoms with van der Waals surface area (Å²) >= 11 is 6.12. The van der Waals surface area contributed by atoms with Crippen LogP contribution in [0.2, 0.25) is 5.02 Å². The lowest BCUT2D eigenvalue weighted by Crippen LogP contribution is -2.46. The molecular weight excluding hydrogens is 316 g/mol. The molecule has 23 heavy (non-hydrogen) atoms. The van der Waals surface area contributed by atoms with Crippen LogP contribution < -0.4 is 10.6 Å². The average Bonchev–Trinajstić information content (AvgIpc) is 3.03. The first-order valence-corrected chi connectivity index (χ1v) is 7.89. The number of benzene rings is 1. The molecule has 1 aromatic carbocycles. The van der Waals surface area contributed by atoms with E-state index in [4.69, 9.17) is 11.6 Å². The summed E-state index contributed by atoms with van der Waals surface area (Å²) in [6.45, 7) is 0.406. The third kappa shape index (κ3) is 3.71. The smallest absolute Gasteiger partial charge is 0.271 e. The number of amides is 2. The summed E-state index contributed by atoms with van der Waals surface area (Å²) in [5.74, 6) is -0.228. The van der Waals surface area contributed by atoms with Crippen LogP contribution in [0.5, 0.6) is 0 Å². The molecular formula is C16H17ClN4O2. The van der Waals surface area contributed by atoms with E-state index in [1.807, 2.05) is 18.2 Å². The monoisotopic (exact) mass is 332 g/mol. The average molecular weight is 333 g/mol. The zero-order chi connectivity index (χ0) is 16.2. The Balaban J connectivity index is 1.62. The molecule has 1 aliphatic rings. The van der Waals surface area contributed by atoms with Gasteiger partial charge in [-0.15, -0.1) is 0 Å². The summed E-state index contributed by atoms with van der Waals surface area (Å²) in [5, 5.41) is 10.5. The Morgan fingerprint density at radius 3 is 3.00 bits per heavy atom. The molecule has 0 aliphatic carbocycles. The Hall–Kier alpha value is -2.34. The van der Waals surface area contributed by atoms with Gasteiger partial charge in [0.05, 0.1) is 10.7 Å². The van der Waals surface area contributed by atoms with E-state index >= 15 is 0 Å². The summed E-state index contributed by atoms with van der Waals surface area (Å²) in [6.07, 6.45) is 3.98. The predicted molar refractivity (Wildman–Crippen MR) is 86.7 cm³/mol. The first-order chi connectivity index (χ1) is 11.1. The summed E-state index contributed by atoms with van der Waals surface area (Å²) in [6, 6.07) is 8.91. The van der Waals surface area contributed by atoms with Crippen LogP contribution in [0.25, 0.3) is 5.69 Å². The van der Waals surface area contributed by atoms with Crippen molar-refractivity contribution in [2.75, 3.05) is 6.54 Å². The minimum atomic E-state index is -0.268. The van der Waals surface area contributed by atoms with Crippen LogP contribution in [0.3, 0.4) is 0 Å². The van der Waals surface area contributed by atoms with E-state index in [1.54, 1.807) is 23.0 Å². The van der Waals surface area contributed by atoms with Crippen molar-refractivity contribution in [2.24, 2.45) is 0 Å². The Labute approximate surface area is 138 Å². The minimum absolute atomic E-state index is 0.00847. The van der Waals surface area contributed by atoms with Crippen molar-refractivity contribution in [1.82, 2.24) is 20.4 Å². The number of aromatic nitrogens is 2. The highest BCUT2D eigenvalue weighted by Gasteiger charge is 2.19. The molecule has 0 radical (unpaired) electrons. The first-order valence-electron chi connectivity index (χ1n) is 7.51. The van der Waals surface area contributed by atoms with Gasteiger partial charge in [0.25, 0.3) is 5.91 Å². The molecule has 1 fully saturated rings. The van der Waals surface area contributed by atoms with Crippen LogP contribution in [0.4, 0.5) is 0 Å². The quantitative estimate of drug-likeness (QED) is 0.898. The molecule has 2 amide bonds. The third-order valence-corrected chi connectivity index (χ3v) is 4.07. The number of halogens is 1. The largest absolute Gasteiger partial charge is 0.352 e. The molecule has 120 valence electrons. The summed E-state index contributed by atoms with van der Waals surface area (Å²) in [7, 11) is 0. The molecule has 7 heteroatoms. The number of para-hydroxylation sites is 1. The molecule has 1 atom stereocenters. The lowest BCUT2D eigenvalue weighted by molar-refractivity contribution is -0.123. The second-order valence-electron chi connectivity index (χ2n) is 5.46. The molecule has 0 spiro atoms. The van der Waals surface area contributed by atoms with Gasteiger partial charge in [-0.3, -0.25) is 9.59 Å². The molecule has 1 saturated heterocycles. The van der Waals surface area contributed by atoms with Crippen LogP contribution in [-0.4, -0.2) is 34.2 Å². The second kappa shape index (κ2) is 6.83. The standard InChI is InChI=1S/C16H17ClN4O2/c17-12-5-1-2-6-14(12)21-9-8-13(20-21)16(23)18-10-11-4-3-7-15(22)19-11/h1-2,5-6,8-9,11H,3-4,7,10H2,(H,18,23)(H,19,22)/t11-/m1/s1. The van der Waals surface area contributed by atoms with Crippen molar-refractivity contribution in [3.05, 3.63) is 47.2 Å². The maximum Gasteiger partial charge on any atom is 0.271 e. The summed E-state index contributed by atoms with van der Waals surface area (Å²) < 4.78 is 1.57. The van der Waals surface area contributed by atoms with Gasteiger partial charge >= 0.3 is 0 Å². The number of carbonyl (C=O) groups excluding carboxylic acids is 2. The normalized spacial score (nSPS) is 17.6. The van der Waals surface area contributed by atoms with Crippen LogP contribution in [0.1, 0.15) is 29.8 Å². The number of hydrogen-bond acceptors (Lipinski definition) is 3. The van der Waals surface area contributed by atoms with Crippen LogP contribution >= 0.6 is 11.6 Å². The van der Waals surface area contributed by atoms with Gasteiger partial charge in [0, 0.05) is 25.2 Å². The van der Waals surface area contributed by atoms with Crippen molar-refractivity contribution in [3.63, 3.8) is 0 Å². The van der Waals surface area contributed by atoms with E-state index < -0.39 is 0 Å². The van der Waals surface area contributed by atoms with E-state index in [1.165, 1.54) is 0 Å². The Morgan fingerprint density at radius 1 is 1.39 bits per heavy atom. The zero-order valence-electron chi connectivity index (χ0n) is 12.5. The van der Waals surface area contributed by atoms with Gasteiger partial charge in [-0.05, 0) is 31.0 Å². The number of carbonyl (C=O) groups is 2. The van der Waals surface area contributed by atoms with Gasteiger partial charge in [-0.1, -0.05) is 23.7 Å². The number of nitrogens with one attached hydrogen (secondary N) is 2. The highest BCUT2D eigenvalue weighted by Crippen LogP contribution is 2.19. The molecule has 2 heterocycles. The lowest BCUT2D eigenvalue weighted by atomic mass is 10.0. The molecule has 0 bridgehead atoms. The van der Waals surface area contributed by atoms with Crippen LogP contribution in [0.15, 0.2) is 36.5 Å². The molecule has 1 aliphatic heterocycles. The topological polar surface area (TPSA) is 76.0 Å². The van der Waals surface area contributed by atoms with Gasteiger partial charge in [0.15, 0.2) is 5.69 Å². The molecule has 2 N–H and O–H groups in total. The number of piperidine rings is 1. The highest BCUT2D eigenvalue weighted by atomic mass is 35.5. The fourth-order valence-electron chi connectivity index (χ4n) is 2.56. The van der Waals surface area contributed by atoms with Gasteiger partial charge in [-0.25, -0.2) is 4.68 Å². The van der Waals surface area contributed by atoms with Crippen molar-refractivity contribution >= 4 is 23.4 Å². The van der Waals surface area contributed by atoms with E-state index in [-0.39, 0.29) is 17.9 Å². The SMILES string of the molecule is O=C1CCC[C@H](CNC(=O)c2ccn(-c3ccccc3Cl)n2)N1. The number of rotatable bonds is 4. The minimum Gasteiger partial charge on any atom is -0.352 e. The van der Waals surface area contributed by atoms with Gasteiger partial charge in [0.2, 0.25) is 5.91 Å². The molecule has 1 aromatic heterocycles. The number of nitrogens with zero attached hydrogens (tertiary/aromatic N) is 2. The van der Waals surface area contributed by atoms with Crippen LogP contribution in [-0.2, 0) is 4.79 Å². The Bertz CT molecular complexity index is 728. The van der Waals surface area contributed by atoms with Gasteiger partial charge in [0.1, 0.15) is 0 Å². The summed E-state index contributed by atoms with van der Waals surface area (Å²) in [4.78, 5) is 23.5. The van der Waals surface area contributed by atoms with Crippen LogP contribution in [0, 0.1) is 0 Å². The maximum atomic E-state index is 12.2. The highest BCUT2D eigenvalue weighted by molar-refractivity contribution is 6.32. The van der Waals surface area contributed by atoms with Crippen molar-refractivity contribution in [1.29, 1.82) is 0 Å². The molecule has 3 rings (SSSR count). The Morgan fingerprint density at radius 2 is 2.22 bits per heavy atom. The molecule has 0 saturated carbocycles. The zero-order valence-corrected chi connectivity index (χ0v) is 13.2. The number of hydrogen-bond donors (Lipinski definition) is 2. The van der Waals surface area contributed by atoms with E-state index in [9.17, 15) is 9.59 Å². The fraction of sp³-hybridized carbons (Fsp3) is 0.312. The molecule has 0 unspecified atom stereocenters. The lowest BCUT2D eigenvalue weighted by Gasteiger charge is -2.23. The fourth-order valence-corrected chi connectivity index (χ4v) is 2.78. The van der Waals surface area contributed by atoms with Gasteiger partial charge < -0.3 is 10.6 Å². The van der Waals surface area contributed by atoms with E-state index in [0.717, 1.165) is 12.8 Å². The summed E-state index contributed by atoms with van der Waals surface area (Å²) in [5.41, 5.74) is 1.03. The predicted octanol–water partition coefficient (Wildman–Crippen LogP) is 1.92. The Kier molecular flexibility index (Phi) is 4.62. The second-order valence-corrected chi connectivity index (χ2v) is 5.87. The van der Waals surface area contributed by atoms with Crippen molar-refractivity contribution < 1.29 is 9.59 Å². The molecule has 2 aromatic rings. The first kappa shape index (κ1) is 15.6. The molecule has 6 nitrogen and oxygen atoms in total. The van der Waals surface area contributed by atoms with E-state index in [0.29, 0.717) is 29.4 Å². The third-order valence-electron chi connectivity index (χ3n) is 3.75. The van der Waals surface area contributed by atoms with Gasteiger partial charge in [-0.2, -0.15) is 5.10 Å². The van der Waals surface area contributed by atoms with E-state index in [2.05, 4.69) is 15.7 Å². The van der Waals surface area contributed by atoms with Crippen molar-refractivity contribution in [3.8, 4) is 5.69 Å².